The van der Waals surface area contributed by atoms with Gasteiger partial charge < -0.3 is 0 Å². The molecule has 0 saturated carbocycles. The van der Waals surface area contributed by atoms with Crippen LogP contribution < -0.4 is 11.5 Å². The van der Waals surface area contributed by atoms with Crippen molar-refractivity contribution in [3.63, 3.8) is 0 Å². The average Bonchev–Trinajstić information content (AvgIpc) is 3.23. The number of nitrogens with zero attached hydrogens (tertiary/aromatic N) is 4. The molecule has 1 unspecified atom stereocenters. The zero-order chi connectivity index (χ0) is 21.1. The SMILES string of the molecule is C#CC[Se+](CC[C@H](N)C(=O)O)C[C@H]1O[C@@H](n2cnc3c(N)ncnc32)[C@H](O)[C@@H]1O. The maximum absolute atomic E-state index is 10.9. The summed E-state index contributed by atoms with van der Waals surface area (Å²) in [5.74, 6) is 1.76. The third kappa shape index (κ3) is 4.51. The van der Waals surface area contributed by atoms with Gasteiger partial charge in [0, 0.05) is 0 Å². The predicted octanol–water partition coefficient (Wildman–Crippen LogP) is -1.04. The number of aliphatic hydroxyl groups is 2. The van der Waals surface area contributed by atoms with E-state index in [1.54, 1.807) is 0 Å². The number of carboxylic acid groups (broad SMARTS) is 1. The van der Waals surface area contributed by atoms with Crippen LogP contribution in [0.15, 0.2) is 12.7 Å². The van der Waals surface area contributed by atoms with E-state index in [0.29, 0.717) is 33.5 Å². The van der Waals surface area contributed by atoms with E-state index in [2.05, 4.69) is 20.9 Å². The Hall–Kier alpha value is -2.26. The van der Waals surface area contributed by atoms with E-state index in [4.69, 9.17) is 27.7 Å². The molecule has 1 fully saturated rings. The van der Waals surface area contributed by atoms with Crippen LogP contribution in [-0.4, -0.2) is 79.1 Å². The second-order valence-corrected chi connectivity index (χ2v) is 11.4. The van der Waals surface area contributed by atoms with E-state index >= 15 is 0 Å². The Morgan fingerprint density at radius 3 is 2.83 bits per heavy atom. The molecule has 2 aromatic heterocycles. The molecule has 0 aliphatic carbocycles. The summed E-state index contributed by atoms with van der Waals surface area (Å²) < 4.78 is 7.46. The molecule has 29 heavy (non-hydrogen) atoms. The maximum atomic E-state index is 10.9. The third-order valence-electron chi connectivity index (χ3n) is 4.72. The molecule has 0 bridgehead atoms. The molecule has 0 amide bonds. The number of hydrogen-bond donors (Lipinski definition) is 5. The fraction of sp³-hybridized carbons (Fsp3) is 0.529. The van der Waals surface area contributed by atoms with Gasteiger partial charge in [-0.2, -0.15) is 0 Å². The number of anilines is 1. The summed E-state index contributed by atoms with van der Waals surface area (Å²) in [6.45, 7) is 0. The van der Waals surface area contributed by atoms with Gasteiger partial charge in [0.15, 0.2) is 0 Å². The first-order valence-corrected chi connectivity index (χ1v) is 12.5. The van der Waals surface area contributed by atoms with E-state index in [1.165, 1.54) is 17.2 Å². The summed E-state index contributed by atoms with van der Waals surface area (Å²) in [4.78, 5) is 23.1. The van der Waals surface area contributed by atoms with Crippen molar-refractivity contribution in [1.82, 2.24) is 19.5 Å². The molecular weight excluding hydrogens is 447 g/mol. The second-order valence-electron chi connectivity index (χ2n) is 6.69. The van der Waals surface area contributed by atoms with Crippen molar-refractivity contribution in [3.05, 3.63) is 12.7 Å². The van der Waals surface area contributed by atoms with Crippen LogP contribution in [0.25, 0.3) is 11.2 Å². The van der Waals surface area contributed by atoms with Crippen molar-refractivity contribution in [3.8, 4) is 12.3 Å². The average molecular weight is 470 g/mol. The number of ether oxygens (including phenoxy) is 1. The van der Waals surface area contributed by atoms with Crippen molar-refractivity contribution >= 4 is 36.9 Å². The van der Waals surface area contributed by atoms with Gasteiger partial charge in [0.2, 0.25) is 0 Å². The molecule has 1 saturated heterocycles. The van der Waals surface area contributed by atoms with Crippen LogP contribution in [0.5, 0.6) is 0 Å². The first kappa shape index (κ1) is 21.4. The van der Waals surface area contributed by atoms with Gasteiger partial charge in [0.25, 0.3) is 0 Å². The zero-order valence-corrected chi connectivity index (χ0v) is 17.2. The fourth-order valence-electron chi connectivity index (χ4n) is 3.13. The molecule has 0 spiro atoms. The third-order valence-corrected chi connectivity index (χ3v) is 9.31. The van der Waals surface area contributed by atoms with Gasteiger partial charge in [0.05, 0.1) is 0 Å². The number of aliphatic carboxylic acids is 1. The summed E-state index contributed by atoms with van der Waals surface area (Å²) in [6.07, 6.45) is 4.60. The Morgan fingerprint density at radius 1 is 1.38 bits per heavy atom. The summed E-state index contributed by atoms with van der Waals surface area (Å²) in [7, 11) is 0. The molecule has 3 heterocycles. The second kappa shape index (κ2) is 9.04. The van der Waals surface area contributed by atoms with Crippen molar-refractivity contribution in [2.75, 3.05) is 5.73 Å². The van der Waals surface area contributed by atoms with Crippen molar-refractivity contribution in [2.24, 2.45) is 5.73 Å². The molecule has 3 rings (SSSR count). The first-order valence-electron chi connectivity index (χ1n) is 8.84. The number of nitrogens with two attached hydrogens (primary N) is 2. The van der Waals surface area contributed by atoms with Gasteiger partial charge in [-0.25, -0.2) is 0 Å². The van der Waals surface area contributed by atoms with Crippen molar-refractivity contribution in [2.45, 2.75) is 53.0 Å². The Kier molecular flexibility index (Phi) is 6.69. The monoisotopic (exact) mass is 471 g/mol. The summed E-state index contributed by atoms with van der Waals surface area (Å²) >= 11 is -1.51. The molecule has 12 heteroatoms. The number of carbonyl (C=O) groups is 1. The number of aromatic nitrogens is 4. The number of hydrogen-bond acceptors (Lipinski definition) is 9. The van der Waals surface area contributed by atoms with Crippen molar-refractivity contribution < 1.29 is 24.9 Å². The number of nitrogen functional groups attached to an aromatic ring is 1. The van der Waals surface area contributed by atoms with E-state index in [0.717, 1.165) is 0 Å². The van der Waals surface area contributed by atoms with Crippen molar-refractivity contribution in [1.29, 1.82) is 0 Å². The first-order chi connectivity index (χ1) is 13.8. The molecule has 1 aliphatic heterocycles. The molecule has 0 aromatic carbocycles. The van der Waals surface area contributed by atoms with Crippen LogP contribution in [0.3, 0.4) is 0 Å². The Bertz CT molecular complexity index is 917. The molecule has 6 atom stereocenters. The number of aliphatic hydroxyl groups excluding tert-OH is 2. The number of imidazole rings is 1. The minimum atomic E-state index is -1.51. The van der Waals surface area contributed by atoms with Crippen LogP contribution in [0, 0.1) is 12.3 Å². The molecule has 11 nitrogen and oxygen atoms in total. The molecule has 156 valence electrons. The molecule has 1 aliphatic rings. The Morgan fingerprint density at radius 2 is 2.14 bits per heavy atom. The molecular formula is C17H23N6O5Se+. The normalized spacial score (nSPS) is 26.3. The van der Waals surface area contributed by atoms with Crippen LogP contribution >= 0.6 is 0 Å². The standard InChI is InChI=1S/C17H22N6O5Se/c1-2-4-29(5-3-9(18)17(26)27)6-10-12(24)13(25)16(28-10)23-8-22-11-14(19)20-7-21-15(11)23/h1,7-10,12-13,16,24-25H,3-6,18H2,(H2-,19,20,21,26,27)/p+1/t9-,10+,12+,13+,16+,29?/m0/s1. The van der Waals surface area contributed by atoms with Gasteiger partial charge in [-0.05, 0) is 0 Å². The van der Waals surface area contributed by atoms with Gasteiger partial charge in [-0.15, -0.1) is 0 Å². The molecule has 2 aromatic rings. The van der Waals surface area contributed by atoms with E-state index in [-0.39, 0.29) is 5.82 Å². The van der Waals surface area contributed by atoms with Gasteiger partial charge in [0.1, 0.15) is 0 Å². The Balaban J connectivity index is 1.73. The van der Waals surface area contributed by atoms with Crippen LogP contribution in [0.2, 0.25) is 16.0 Å². The minimum absolute atomic E-state index is 0.203. The Labute approximate surface area is 171 Å². The van der Waals surface area contributed by atoms with Crippen LogP contribution in [-0.2, 0) is 9.53 Å². The van der Waals surface area contributed by atoms with Crippen LogP contribution in [0.1, 0.15) is 12.6 Å². The van der Waals surface area contributed by atoms with E-state index in [1.807, 2.05) is 0 Å². The summed E-state index contributed by atoms with van der Waals surface area (Å²) in [5, 5.41) is 31.6. The number of carboxylic acids is 1. The number of fused-ring (bicyclic) bond motifs is 1. The summed E-state index contributed by atoms with van der Waals surface area (Å²) in [5.41, 5.74) is 12.1. The van der Waals surface area contributed by atoms with E-state index < -0.39 is 50.5 Å². The van der Waals surface area contributed by atoms with Crippen LogP contribution in [0.4, 0.5) is 5.82 Å². The predicted molar refractivity (Wildman–Crippen MR) is 105 cm³/mol. The quantitative estimate of drug-likeness (QED) is 0.236. The van der Waals surface area contributed by atoms with E-state index in [9.17, 15) is 15.0 Å². The van der Waals surface area contributed by atoms with Gasteiger partial charge >= 0.3 is 171 Å². The van der Waals surface area contributed by atoms with Gasteiger partial charge in [-0.1, -0.05) is 0 Å². The summed E-state index contributed by atoms with van der Waals surface area (Å²) in [6, 6.07) is -0.950. The molecule has 7 N–H and O–H groups in total. The van der Waals surface area contributed by atoms with Gasteiger partial charge in [-0.3, -0.25) is 0 Å². The zero-order valence-electron chi connectivity index (χ0n) is 15.5. The topological polar surface area (TPSA) is 183 Å². The molecule has 0 radical (unpaired) electrons. The number of terminal acetylenes is 1. The fourth-order valence-corrected chi connectivity index (χ4v) is 7.31. The number of rotatable bonds is 8.